The highest BCUT2D eigenvalue weighted by molar-refractivity contribution is 6.21. The third-order valence-electron chi connectivity index (χ3n) is 5.26. The van der Waals surface area contributed by atoms with Crippen LogP contribution in [0.25, 0.3) is 0 Å². The van der Waals surface area contributed by atoms with Gasteiger partial charge in [0.2, 0.25) is 0 Å². The Morgan fingerprint density at radius 1 is 0.970 bits per heavy atom. The quantitative estimate of drug-likeness (QED) is 0.324. The van der Waals surface area contributed by atoms with Crippen LogP contribution in [-0.2, 0) is 0 Å². The lowest BCUT2D eigenvalue weighted by molar-refractivity contribution is -0.384. The van der Waals surface area contributed by atoms with Gasteiger partial charge in [0.25, 0.3) is 23.4 Å². The first kappa shape index (κ1) is 21.7. The molecule has 1 aliphatic heterocycles. The standard InChI is InChI=1S/C24H20N4O5/c1-15-5-4-6-17(13-15)26-22(29)16-9-10-20(21(14-16)28(32)33)25-11-12-27-23(30)18-7-2-3-8-19(18)24(27)31/h2-10,13-14,25H,11-12H2,1H3,(H,26,29). The molecule has 0 radical (unpaired) electrons. The number of carbonyl (C=O) groups excluding carboxylic acids is 3. The Labute approximate surface area is 189 Å². The van der Waals surface area contributed by atoms with Crippen LogP contribution >= 0.6 is 0 Å². The van der Waals surface area contributed by atoms with Crippen molar-refractivity contribution in [3.8, 4) is 0 Å². The molecule has 0 saturated heterocycles. The van der Waals surface area contributed by atoms with Gasteiger partial charge < -0.3 is 10.6 Å². The Balaban J connectivity index is 1.44. The number of nitro benzene ring substituents is 1. The molecule has 0 atom stereocenters. The van der Waals surface area contributed by atoms with Crippen molar-refractivity contribution < 1.29 is 19.3 Å². The van der Waals surface area contributed by atoms with Crippen molar-refractivity contribution in [1.82, 2.24) is 4.90 Å². The van der Waals surface area contributed by atoms with Crippen LogP contribution in [0.15, 0.2) is 66.7 Å². The molecule has 0 spiro atoms. The first-order valence-corrected chi connectivity index (χ1v) is 10.2. The van der Waals surface area contributed by atoms with Crippen molar-refractivity contribution >= 4 is 34.8 Å². The zero-order valence-electron chi connectivity index (χ0n) is 17.7. The van der Waals surface area contributed by atoms with E-state index in [1.807, 2.05) is 13.0 Å². The minimum Gasteiger partial charge on any atom is -0.378 e. The van der Waals surface area contributed by atoms with Gasteiger partial charge in [-0.25, -0.2) is 0 Å². The molecular formula is C24H20N4O5. The number of hydrogen-bond donors (Lipinski definition) is 2. The van der Waals surface area contributed by atoms with Crippen molar-refractivity contribution in [2.75, 3.05) is 23.7 Å². The van der Waals surface area contributed by atoms with Gasteiger partial charge in [-0.05, 0) is 48.9 Å². The predicted molar refractivity (Wildman–Crippen MR) is 123 cm³/mol. The van der Waals surface area contributed by atoms with Crippen LogP contribution in [0.5, 0.6) is 0 Å². The number of nitrogens with one attached hydrogen (secondary N) is 2. The Morgan fingerprint density at radius 3 is 2.30 bits per heavy atom. The molecule has 166 valence electrons. The largest absolute Gasteiger partial charge is 0.378 e. The lowest BCUT2D eigenvalue weighted by Gasteiger charge is -2.15. The van der Waals surface area contributed by atoms with E-state index in [-0.39, 0.29) is 30.0 Å². The molecule has 0 saturated carbocycles. The smallest absolute Gasteiger partial charge is 0.293 e. The number of hydrogen-bond acceptors (Lipinski definition) is 6. The lowest BCUT2D eigenvalue weighted by Crippen LogP contribution is -2.34. The van der Waals surface area contributed by atoms with Gasteiger partial charge in [0, 0.05) is 30.4 Å². The minimum atomic E-state index is -0.589. The first-order chi connectivity index (χ1) is 15.8. The number of carbonyl (C=O) groups is 3. The van der Waals surface area contributed by atoms with Gasteiger partial charge >= 0.3 is 0 Å². The van der Waals surface area contributed by atoms with Crippen molar-refractivity contribution in [3.05, 3.63) is 99.1 Å². The highest BCUT2D eigenvalue weighted by Gasteiger charge is 2.34. The maximum absolute atomic E-state index is 12.5. The van der Waals surface area contributed by atoms with Gasteiger partial charge in [-0.3, -0.25) is 29.4 Å². The molecule has 1 aliphatic rings. The Morgan fingerprint density at radius 2 is 1.67 bits per heavy atom. The fourth-order valence-electron chi connectivity index (χ4n) is 3.64. The van der Waals surface area contributed by atoms with Gasteiger partial charge in [-0.2, -0.15) is 0 Å². The summed E-state index contributed by atoms with van der Waals surface area (Å²) in [6.45, 7) is 2.04. The molecule has 9 nitrogen and oxygen atoms in total. The molecule has 4 rings (SSSR count). The van der Waals surface area contributed by atoms with E-state index in [4.69, 9.17) is 0 Å². The number of nitrogens with zero attached hydrogens (tertiary/aromatic N) is 2. The van der Waals surface area contributed by atoms with Crippen LogP contribution in [0.3, 0.4) is 0 Å². The summed E-state index contributed by atoms with van der Waals surface area (Å²) in [6.07, 6.45) is 0. The normalized spacial score (nSPS) is 12.5. The van der Waals surface area contributed by atoms with Gasteiger partial charge in [0.1, 0.15) is 5.69 Å². The SMILES string of the molecule is Cc1cccc(NC(=O)c2ccc(NCCN3C(=O)c4ccccc4C3=O)c([N+](=O)[O-])c2)c1. The molecular weight excluding hydrogens is 424 g/mol. The van der Waals surface area contributed by atoms with E-state index in [1.165, 1.54) is 18.2 Å². The number of nitro groups is 1. The molecule has 3 amide bonds. The second kappa shape index (κ2) is 8.91. The van der Waals surface area contributed by atoms with E-state index in [0.717, 1.165) is 10.5 Å². The summed E-state index contributed by atoms with van der Waals surface area (Å²) in [6, 6.07) is 17.9. The fourth-order valence-corrected chi connectivity index (χ4v) is 3.64. The average Bonchev–Trinajstić information content (AvgIpc) is 3.04. The molecule has 0 aromatic heterocycles. The Bertz CT molecular complexity index is 1250. The summed E-state index contributed by atoms with van der Waals surface area (Å²) in [4.78, 5) is 49.5. The van der Waals surface area contributed by atoms with Crippen molar-refractivity contribution in [1.29, 1.82) is 0 Å². The predicted octanol–water partition coefficient (Wildman–Crippen LogP) is 3.86. The summed E-state index contributed by atoms with van der Waals surface area (Å²) >= 11 is 0. The number of rotatable bonds is 7. The summed E-state index contributed by atoms with van der Waals surface area (Å²) in [5.74, 6) is -1.26. The molecule has 0 aliphatic carbocycles. The topological polar surface area (TPSA) is 122 Å². The highest BCUT2D eigenvalue weighted by atomic mass is 16.6. The maximum Gasteiger partial charge on any atom is 0.293 e. The van der Waals surface area contributed by atoms with Crippen molar-refractivity contribution in [3.63, 3.8) is 0 Å². The van der Waals surface area contributed by atoms with E-state index in [1.54, 1.807) is 42.5 Å². The van der Waals surface area contributed by atoms with Crippen molar-refractivity contribution in [2.45, 2.75) is 6.92 Å². The number of anilines is 2. The molecule has 33 heavy (non-hydrogen) atoms. The number of imide groups is 1. The van der Waals surface area contributed by atoms with Gasteiger partial charge in [0.15, 0.2) is 0 Å². The number of amides is 3. The number of benzene rings is 3. The molecule has 1 heterocycles. The van der Waals surface area contributed by atoms with Crippen LogP contribution in [0, 0.1) is 17.0 Å². The lowest BCUT2D eigenvalue weighted by atomic mass is 10.1. The van der Waals surface area contributed by atoms with Crippen LogP contribution < -0.4 is 10.6 Å². The van der Waals surface area contributed by atoms with E-state index in [9.17, 15) is 24.5 Å². The zero-order chi connectivity index (χ0) is 23.5. The monoisotopic (exact) mass is 444 g/mol. The summed E-state index contributed by atoms with van der Waals surface area (Å²) in [7, 11) is 0. The average molecular weight is 444 g/mol. The minimum absolute atomic E-state index is 0.0408. The zero-order valence-corrected chi connectivity index (χ0v) is 17.7. The van der Waals surface area contributed by atoms with Gasteiger partial charge in [-0.1, -0.05) is 24.3 Å². The van der Waals surface area contributed by atoms with Crippen LogP contribution in [0.2, 0.25) is 0 Å². The molecule has 9 heteroatoms. The Hall–Kier alpha value is -4.53. The van der Waals surface area contributed by atoms with Crippen molar-refractivity contribution in [2.24, 2.45) is 0 Å². The maximum atomic E-state index is 12.5. The molecule has 0 fully saturated rings. The fraction of sp³-hybridized carbons (Fsp3) is 0.125. The van der Waals surface area contributed by atoms with Crippen LogP contribution in [0.4, 0.5) is 17.1 Å². The van der Waals surface area contributed by atoms with E-state index < -0.39 is 22.6 Å². The second-order valence-electron chi connectivity index (χ2n) is 7.55. The third-order valence-corrected chi connectivity index (χ3v) is 5.26. The van der Waals surface area contributed by atoms with Crippen LogP contribution in [-0.4, -0.2) is 40.6 Å². The summed E-state index contributed by atoms with van der Waals surface area (Å²) < 4.78 is 0. The van der Waals surface area contributed by atoms with Gasteiger partial charge in [-0.15, -0.1) is 0 Å². The van der Waals surface area contributed by atoms with E-state index in [0.29, 0.717) is 16.8 Å². The van der Waals surface area contributed by atoms with E-state index in [2.05, 4.69) is 10.6 Å². The van der Waals surface area contributed by atoms with E-state index >= 15 is 0 Å². The highest BCUT2D eigenvalue weighted by Crippen LogP contribution is 2.27. The number of aryl methyl sites for hydroxylation is 1. The summed E-state index contributed by atoms with van der Waals surface area (Å²) in [5.41, 5.74) is 2.28. The second-order valence-corrected chi connectivity index (χ2v) is 7.55. The van der Waals surface area contributed by atoms with Crippen LogP contribution in [0.1, 0.15) is 36.6 Å². The third kappa shape index (κ3) is 4.42. The first-order valence-electron chi connectivity index (χ1n) is 10.2. The molecule has 3 aromatic rings. The molecule has 0 unspecified atom stereocenters. The number of fused-ring (bicyclic) bond motifs is 1. The molecule has 3 aromatic carbocycles. The summed E-state index contributed by atoms with van der Waals surface area (Å²) in [5, 5.41) is 17.2. The Kier molecular flexibility index (Phi) is 5.86. The molecule has 0 bridgehead atoms. The van der Waals surface area contributed by atoms with Gasteiger partial charge in [0.05, 0.1) is 16.1 Å². The molecule has 2 N–H and O–H groups in total.